The molecular weight excluding hydrogens is 267 g/mol. The first kappa shape index (κ1) is 14.8. The molecule has 1 atom stereocenters. The van der Waals surface area contributed by atoms with Crippen molar-refractivity contribution in [3.63, 3.8) is 0 Å². The number of imidazole rings is 1. The second-order valence-electron chi connectivity index (χ2n) is 5.31. The number of halogens is 3. The van der Waals surface area contributed by atoms with Crippen molar-refractivity contribution in [1.29, 1.82) is 0 Å². The van der Waals surface area contributed by atoms with E-state index < -0.39 is 11.7 Å². The Labute approximate surface area is 115 Å². The van der Waals surface area contributed by atoms with Crippen molar-refractivity contribution in [1.82, 2.24) is 9.55 Å². The van der Waals surface area contributed by atoms with E-state index in [-0.39, 0.29) is 5.41 Å². The van der Waals surface area contributed by atoms with Crippen LogP contribution in [0.25, 0.3) is 11.0 Å². The van der Waals surface area contributed by atoms with Crippen LogP contribution >= 0.6 is 0 Å². The predicted molar refractivity (Wildman–Crippen MR) is 72.4 cm³/mol. The van der Waals surface area contributed by atoms with Crippen LogP contribution < -0.4 is 5.73 Å². The summed E-state index contributed by atoms with van der Waals surface area (Å²) in [6.45, 7) is 4.36. The molecule has 1 unspecified atom stereocenters. The average Bonchev–Trinajstić information content (AvgIpc) is 2.74. The van der Waals surface area contributed by atoms with Crippen molar-refractivity contribution in [3.05, 3.63) is 29.6 Å². The standard InChI is InChI=1S/C14H18F3N3/c1-4-13(2,8-18)12-19-10-7-9(14(15,16)17)5-6-11(10)20(12)3/h5-7H,4,8,18H2,1-3H3. The van der Waals surface area contributed by atoms with Crippen molar-refractivity contribution in [3.8, 4) is 0 Å². The van der Waals surface area contributed by atoms with E-state index in [0.29, 0.717) is 17.6 Å². The van der Waals surface area contributed by atoms with Gasteiger partial charge in [0, 0.05) is 19.0 Å². The molecule has 3 nitrogen and oxygen atoms in total. The molecule has 2 aromatic rings. The molecule has 0 radical (unpaired) electrons. The number of aryl methyl sites for hydroxylation is 1. The molecule has 0 bridgehead atoms. The Morgan fingerprint density at radius 3 is 2.45 bits per heavy atom. The van der Waals surface area contributed by atoms with Gasteiger partial charge < -0.3 is 10.3 Å². The van der Waals surface area contributed by atoms with E-state index in [4.69, 9.17) is 5.73 Å². The third-order valence-electron chi connectivity index (χ3n) is 3.98. The van der Waals surface area contributed by atoms with E-state index >= 15 is 0 Å². The first-order valence-corrected chi connectivity index (χ1v) is 6.47. The van der Waals surface area contributed by atoms with Crippen molar-refractivity contribution in [2.45, 2.75) is 31.9 Å². The lowest BCUT2D eigenvalue weighted by Crippen LogP contribution is -2.33. The Kier molecular flexibility index (Phi) is 3.54. The minimum atomic E-state index is -4.35. The minimum Gasteiger partial charge on any atom is -0.331 e. The molecule has 1 heterocycles. The largest absolute Gasteiger partial charge is 0.416 e. The van der Waals surface area contributed by atoms with Crippen molar-refractivity contribution in [2.75, 3.05) is 6.54 Å². The quantitative estimate of drug-likeness (QED) is 0.941. The van der Waals surface area contributed by atoms with Crippen LogP contribution in [-0.4, -0.2) is 16.1 Å². The van der Waals surface area contributed by atoms with Gasteiger partial charge in [-0.05, 0) is 24.6 Å². The number of aromatic nitrogens is 2. The van der Waals surface area contributed by atoms with Crippen molar-refractivity contribution < 1.29 is 13.2 Å². The highest BCUT2D eigenvalue weighted by molar-refractivity contribution is 5.77. The first-order valence-electron chi connectivity index (χ1n) is 6.47. The normalized spacial score (nSPS) is 15.6. The van der Waals surface area contributed by atoms with Gasteiger partial charge in [-0.3, -0.25) is 0 Å². The van der Waals surface area contributed by atoms with Crippen LogP contribution in [0.2, 0.25) is 0 Å². The number of alkyl halides is 3. The maximum absolute atomic E-state index is 12.7. The molecule has 0 saturated heterocycles. The van der Waals surface area contributed by atoms with Crippen molar-refractivity contribution >= 4 is 11.0 Å². The monoisotopic (exact) mass is 285 g/mol. The van der Waals surface area contributed by atoms with E-state index in [1.165, 1.54) is 6.07 Å². The molecule has 110 valence electrons. The van der Waals surface area contributed by atoms with Gasteiger partial charge >= 0.3 is 6.18 Å². The van der Waals surface area contributed by atoms with E-state index in [9.17, 15) is 13.2 Å². The molecule has 2 N–H and O–H groups in total. The van der Waals surface area contributed by atoms with Crippen molar-refractivity contribution in [2.24, 2.45) is 12.8 Å². The lowest BCUT2D eigenvalue weighted by molar-refractivity contribution is -0.137. The number of hydrogen-bond acceptors (Lipinski definition) is 2. The van der Waals surface area contributed by atoms with Gasteiger partial charge in [0.05, 0.1) is 16.6 Å². The number of nitrogens with zero attached hydrogens (tertiary/aromatic N) is 2. The molecule has 1 aromatic heterocycles. The third-order valence-corrected chi connectivity index (χ3v) is 3.98. The average molecular weight is 285 g/mol. The Morgan fingerprint density at radius 1 is 1.30 bits per heavy atom. The topological polar surface area (TPSA) is 43.8 Å². The Balaban J connectivity index is 2.64. The summed E-state index contributed by atoms with van der Waals surface area (Å²) in [7, 11) is 1.81. The lowest BCUT2D eigenvalue weighted by atomic mass is 9.87. The van der Waals surface area contributed by atoms with Gasteiger partial charge in [0.15, 0.2) is 0 Å². The fourth-order valence-electron chi connectivity index (χ4n) is 2.31. The smallest absolute Gasteiger partial charge is 0.331 e. The summed E-state index contributed by atoms with van der Waals surface area (Å²) in [6.07, 6.45) is -3.58. The van der Waals surface area contributed by atoms with Gasteiger partial charge in [0.2, 0.25) is 0 Å². The number of fused-ring (bicyclic) bond motifs is 1. The zero-order valence-electron chi connectivity index (χ0n) is 11.8. The fourth-order valence-corrected chi connectivity index (χ4v) is 2.31. The maximum atomic E-state index is 12.7. The summed E-state index contributed by atoms with van der Waals surface area (Å²) in [5, 5.41) is 0. The fraction of sp³-hybridized carbons (Fsp3) is 0.500. The second kappa shape index (κ2) is 4.77. The van der Waals surface area contributed by atoms with E-state index in [1.54, 1.807) is 0 Å². The van der Waals surface area contributed by atoms with E-state index in [2.05, 4.69) is 4.98 Å². The highest BCUT2D eigenvalue weighted by atomic mass is 19.4. The van der Waals surface area contributed by atoms with E-state index in [0.717, 1.165) is 24.4 Å². The van der Waals surface area contributed by atoms with Gasteiger partial charge in [-0.15, -0.1) is 0 Å². The van der Waals surface area contributed by atoms with E-state index in [1.807, 2.05) is 25.5 Å². The molecule has 1 aromatic carbocycles. The van der Waals surface area contributed by atoms with Crippen LogP contribution in [0.5, 0.6) is 0 Å². The van der Waals surface area contributed by atoms with Crippen LogP contribution in [0.15, 0.2) is 18.2 Å². The first-order chi connectivity index (χ1) is 9.23. The SMILES string of the molecule is CCC(C)(CN)c1nc2cc(C(F)(F)F)ccc2n1C. The molecule has 2 rings (SSSR count). The van der Waals surface area contributed by atoms with Gasteiger partial charge in [0.25, 0.3) is 0 Å². The van der Waals surface area contributed by atoms with Crippen LogP contribution in [0, 0.1) is 0 Å². The number of rotatable bonds is 3. The molecule has 0 fully saturated rings. The third kappa shape index (κ3) is 2.28. The predicted octanol–water partition coefficient (Wildman–Crippen LogP) is 3.22. The Hall–Kier alpha value is -1.56. The zero-order chi connectivity index (χ0) is 15.1. The molecule has 6 heteroatoms. The summed E-state index contributed by atoms with van der Waals surface area (Å²) in [4.78, 5) is 4.38. The molecular formula is C14H18F3N3. The van der Waals surface area contributed by atoms with Gasteiger partial charge in [0.1, 0.15) is 5.82 Å². The van der Waals surface area contributed by atoms with Gasteiger partial charge in [-0.1, -0.05) is 13.8 Å². The molecule has 0 aliphatic heterocycles. The minimum absolute atomic E-state index is 0.341. The van der Waals surface area contributed by atoms with Crippen LogP contribution in [0.3, 0.4) is 0 Å². The summed E-state index contributed by atoms with van der Waals surface area (Å²) in [5.41, 5.74) is 5.82. The molecule has 0 amide bonds. The van der Waals surface area contributed by atoms with Crippen LogP contribution in [-0.2, 0) is 18.6 Å². The Morgan fingerprint density at radius 2 is 1.95 bits per heavy atom. The summed E-state index contributed by atoms with van der Waals surface area (Å²) in [5.74, 6) is 0.719. The number of hydrogen-bond donors (Lipinski definition) is 1. The van der Waals surface area contributed by atoms with Gasteiger partial charge in [-0.2, -0.15) is 13.2 Å². The number of benzene rings is 1. The lowest BCUT2D eigenvalue weighted by Gasteiger charge is -2.25. The molecule has 0 saturated carbocycles. The van der Waals surface area contributed by atoms with Gasteiger partial charge in [-0.25, -0.2) is 4.98 Å². The highest BCUT2D eigenvalue weighted by Crippen LogP contribution is 2.33. The highest BCUT2D eigenvalue weighted by Gasteiger charge is 2.32. The number of nitrogens with two attached hydrogens (primary N) is 1. The molecule has 0 spiro atoms. The second-order valence-corrected chi connectivity index (χ2v) is 5.31. The summed E-state index contributed by atoms with van der Waals surface area (Å²) < 4.78 is 40.0. The molecule has 0 aliphatic carbocycles. The van der Waals surface area contributed by atoms with Crippen LogP contribution in [0.1, 0.15) is 31.7 Å². The maximum Gasteiger partial charge on any atom is 0.416 e. The summed E-state index contributed by atoms with van der Waals surface area (Å²) >= 11 is 0. The molecule has 20 heavy (non-hydrogen) atoms. The molecule has 0 aliphatic rings. The summed E-state index contributed by atoms with van der Waals surface area (Å²) in [6, 6.07) is 3.63. The Bertz CT molecular complexity index is 624. The van der Waals surface area contributed by atoms with Crippen LogP contribution in [0.4, 0.5) is 13.2 Å². The zero-order valence-corrected chi connectivity index (χ0v) is 11.8.